The van der Waals surface area contributed by atoms with Gasteiger partial charge in [0.25, 0.3) is 0 Å². The molecular formula is C24H20ClN3O. The third-order valence-corrected chi connectivity index (χ3v) is 5.82. The molecule has 0 bridgehead atoms. The quantitative estimate of drug-likeness (QED) is 0.468. The number of amides is 1. The van der Waals surface area contributed by atoms with Gasteiger partial charge in [-0.15, -0.1) is 0 Å². The van der Waals surface area contributed by atoms with Crippen molar-refractivity contribution >= 4 is 34.2 Å². The summed E-state index contributed by atoms with van der Waals surface area (Å²) < 4.78 is 2.25. The molecule has 29 heavy (non-hydrogen) atoms. The molecule has 5 heteroatoms. The molecule has 1 aromatic heterocycles. The van der Waals surface area contributed by atoms with Crippen molar-refractivity contribution < 1.29 is 4.79 Å². The molecule has 2 heterocycles. The first kappa shape index (κ1) is 18.0. The Morgan fingerprint density at radius 2 is 1.66 bits per heavy atom. The molecule has 144 valence electrons. The highest BCUT2D eigenvalue weighted by molar-refractivity contribution is 6.33. The summed E-state index contributed by atoms with van der Waals surface area (Å²) in [6.45, 7) is 1.31. The Balaban J connectivity index is 1.54. The second-order valence-corrected chi connectivity index (χ2v) is 7.79. The van der Waals surface area contributed by atoms with E-state index in [1.165, 1.54) is 5.56 Å². The van der Waals surface area contributed by atoms with Gasteiger partial charge < -0.3 is 9.47 Å². The van der Waals surface area contributed by atoms with E-state index in [1.54, 1.807) is 4.90 Å². The van der Waals surface area contributed by atoms with E-state index in [0.717, 1.165) is 29.1 Å². The van der Waals surface area contributed by atoms with Gasteiger partial charge in [-0.25, -0.2) is 4.98 Å². The van der Waals surface area contributed by atoms with Crippen LogP contribution in [0.3, 0.4) is 0 Å². The van der Waals surface area contributed by atoms with Gasteiger partial charge in [0, 0.05) is 25.4 Å². The molecule has 4 nitrogen and oxygen atoms in total. The number of imidazole rings is 1. The lowest BCUT2D eigenvalue weighted by Crippen LogP contribution is -2.24. The second-order valence-electron chi connectivity index (χ2n) is 7.39. The first-order chi connectivity index (χ1) is 14.2. The van der Waals surface area contributed by atoms with Crippen LogP contribution in [0.5, 0.6) is 0 Å². The third-order valence-electron chi connectivity index (χ3n) is 5.50. The fraction of sp³-hybridized carbons (Fsp3) is 0.167. The van der Waals surface area contributed by atoms with Crippen molar-refractivity contribution in [3.8, 4) is 0 Å². The lowest BCUT2D eigenvalue weighted by Gasteiger charge is -2.18. The predicted octanol–water partition coefficient (Wildman–Crippen LogP) is 5.26. The highest BCUT2D eigenvalue weighted by atomic mass is 35.5. The second kappa shape index (κ2) is 7.37. The van der Waals surface area contributed by atoms with Crippen LogP contribution in [0.15, 0.2) is 78.9 Å². The molecule has 0 aliphatic carbocycles. The van der Waals surface area contributed by atoms with Crippen LogP contribution in [0.25, 0.3) is 11.0 Å². The molecule has 1 atom stereocenters. The molecule has 1 aliphatic rings. The summed E-state index contributed by atoms with van der Waals surface area (Å²) >= 11 is 6.35. The van der Waals surface area contributed by atoms with Crippen molar-refractivity contribution in [3.05, 3.63) is 95.3 Å². The van der Waals surface area contributed by atoms with Crippen molar-refractivity contribution in [2.24, 2.45) is 0 Å². The summed E-state index contributed by atoms with van der Waals surface area (Å²) in [4.78, 5) is 19.5. The van der Waals surface area contributed by atoms with Crippen LogP contribution < -0.4 is 4.90 Å². The normalized spacial score (nSPS) is 16.7. The van der Waals surface area contributed by atoms with Gasteiger partial charge in [0.05, 0.1) is 21.7 Å². The fourth-order valence-corrected chi connectivity index (χ4v) is 4.36. The van der Waals surface area contributed by atoms with Gasteiger partial charge in [-0.1, -0.05) is 66.2 Å². The number of carbonyl (C=O) groups excluding carboxylic acids is 1. The number of aromatic nitrogens is 2. The zero-order valence-corrected chi connectivity index (χ0v) is 16.6. The third kappa shape index (κ3) is 3.30. The molecule has 0 radical (unpaired) electrons. The van der Waals surface area contributed by atoms with Gasteiger partial charge in [0.1, 0.15) is 5.82 Å². The van der Waals surface area contributed by atoms with E-state index in [9.17, 15) is 4.79 Å². The molecule has 3 aromatic carbocycles. The zero-order chi connectivity index (χ0) is 19.8. The van der Waals surface area contributed by atoms with Crippen LogP contribution in [0.4, 0.5) is 5.69 Å². The van der Waals surface area contributed by atoms with Crippen molar-refractivity contribution in [1.82, 2.24) is 9.55 Å². The maximum atomic E-state index is 12.8. The van der Waals surface area contributed by atoms with Crippen LogP contribution in [-0.4, -0.2) is 22.0 Å². The van der Waals surface area contributed by atoms with E-state index in [-0.39, 0.29) is 11.8 Å². The largest absolute Gasteiger partial charge is 0.323 e. The smallest absolute Gasteiger partial charge is 0.227 e. The fourth-order valence-electron chi connectivity index (χ4n) is 4.12. The average molecular weight is 402 g/mol. The van der Waals surface area contributed by atoms with Crippen molar-refractivity contribution in [1.29, 1.82) is 0 Å². The molecular weight excluding hydrogens is 382 g/mol. The van der Waals surface area contributed by atoms with Crippen molar-refractivity contribution in [2.45, 2.75) is 18.9 Å². The molecule has 1 aliphatic heterocycles. The summed E-state index contributed by atoms with van der Waals surface area (Å²) in [6, 6.07) is 26.0. The molecule has 1 amide bonds. The summed E-state index contributed by atoms with van der Waals surface area (Å²) in [7, 11) is 0. The SMILES string of the molecule is O=C1CC(c2nc3ccccc3n2Cc2ccccc2)CN1c1ccccc1Cl. The molecule has 1 fully saturated rings. The highest BCUT2D eigenvalue weighted by Gasteiger charge is 2.35. The first-order valence-electron chi connectivity index (χ1n) is 9.74. The van der Waals surface area contributed by atoms with Gasteiger partial charge in [0.15, 0.2) is 0 Å². The molecule has 1 unspecified atom stereocenters. The van der Waals surface area contributed by atoms with Crippen LogP contribution >= 0.6 is 11.6 Å². The van der Waals surface area contributed by atoms with Crippen LogP contribution in [-0.2, 0) is 11.3 Å². The number of carbonyl (C=O) groups is 1. The summed E-state index contributed by atoms with van der Waals surface area (Å²) in [5, 5.41) is 0.597. The van der Waals surface area contributed by atoms with E-state index in [4.69, 9.17) is 16.6 Å². The van der Waals surface area contributed by atoms with Crippen LogP contribution in [0.1, 0.15) is 23.7 Å². The topological polar surface area (TPSA) is 38.1 Å². The number of halogens is 1. The van der Waals surface area contributed by atoms with Gasteiger partial charge >= 0.3 is 0 Å². The Morgan fingerprint density at radius 3 is 2.48 bits per heavy atom. The summed E-state index contributed by atoms with van der Waals surface area (Å²) in [5.41, 5.74) is 4.04. The molecule has 4 aromatic rings. The number of para-hydroxylation sites is 3. The lowest BCUT2D eigenvalue weighted by atomic mass is 10.1. The van der Waals surface area contributed by atoms with E-state index in [0.29, 0.717) is 18.0 Å². The number of benzene rings is 3. The Kier molecular flexibility index (Phi) is 4.57. The molecule has 0 spiro atoms. The Labute approximate surface area is 174 Å². The van der Waals surface area contributed by atoms with E-state index < -0.39 is 0 Å². The van der Waals surface area contributed by atoms with Gasteiger partial charge in [-0.2, -0.15) is 0 Å². The minimum Gasteiger partial charge on any atom is -0.323 e. The van der Waals surface area contributed by atoms with E-state index >= 15 is 0 Å². The van der Waals surface area contributed by atoms with Gasteiger partial charge in [0.2, 0.25) is 5.91 Å². The minimum absolute atomic E-state index is 0.0230. The number of hydrogen-bond donors (Lipinski definition) is 0. The maximum Gasteiger partial charge on any atom is 0.227 e. The van der Waals surface area contributed by atoms with Crippen molar-refractivity contribution in [2.75, 3.05) is 11.4 Å². The predicted molar refractivity (Wildman–Crippen MR) is 116 cm³/mol. The van der Waals surface area contributed by atoms with Crippen molar-refractivity contribution in [3.63, 3.8) is 0 Å². The lowest BCUT2D eigenvalue weighted by molar-refractivity contribution is -0.117. The molecule has 0 N–H and O–H groups in total. The van der Waals surface area contributed by atoms with Crippen LogP contribution in [0, 0.1) is 0 Å². The molecule has 5 rings (SSSR count). The maximum absolute atomic E-state index is 12.8. The Bertz CT molecular complexity index is 1190. The molecule has 1 saturated heterocycles. The Hall–Kier alpha value is -3.11. The van der Waals surface area contributed by atoms with E-state index in [1.807, 2.05) is 60.7 Å². The van der Waals surface area contributed by atoms with E-state index in [2.05, 4.69) is 22.8 Å². The number of fused-ring (bicyclic) bond motifs is 1. The number of rotatable bonds is 4. The van der Waals surface area contributed by atoms with Gasteiger partial charge in [-0.3, -0.25) is 4.79 Å². The first-order valence-corrected chi connectivity index (χ1v) is 10.1. The number of anilines is 1. The summed E-state index contributed by atoms with van der Waals surface area (Å²) in [6.07, 6.45) is 0.434. The highest BCUT2D eigenvalue weighted by Crippen LogP contribution is 2.36. The number of hydrogen-bond acceptors (Lipinski definition) is 2. The zero-order valence-electron chi connectivity index (χ0n) is 15.8. The number of nitrogens with zero attached hydrogens (tertiary/aromatic N) is 3. The van der Waals surface area contributed by atoms with Crippen LogP contribution in [0.2, 0.25) is 5.02 Å². The standard InChI is InChI=1S/C24H20ClN3O/c25-19-10-4-6-12-21(19)27-16-18(14-23(27)29)24-26-20-11-5-7-13-22(20)28(24)15-17-8-2-1-3-9-17/h1-13,18H,14-16H2. The monoisotopic (exact) mass is 401 g/mol. The Morgan fingerprint density at radius 1 is 0.931 bits per heavy atom. The molecule has 0 saturated carbocycles. The minimum atomic E-state index is 0.0230. The summed E-state index contributed by atoms with van der Waals surface area (Å²) in [5.74, 6) is 1.06. The van der Waals surface area contributed by atoms with Gasteiger partial charge in [-0.05, 0) is 29.8 Å². The average Bonchev–Trinajstić information content (AvgIpc) is 3.30.